The highest BCUT2D eigenvalue weighted by atomic mass is 16.1. The van der Waals surface area contributed by atoms with Gasteiger partial charge in [-0.3, -0.25) is 9.78 Å². The monoisotopic (exact) mass is 271 g/mol. The number of unbranched alkanes of at least 4 members (excludes halogenated alkanes) is 1. The van der Waals surface area contributed by atoms with Gasteiger partial charge >= 0.3 is 0 Å². The Morgan fingerprint density at radius 1 is 1.15 bits per heavy atom. The van der Waals surface area contributed by atoms with Gasteiger partial charge in [-0.25, -0.2) is 4.98 Å². The molecule has 1 aromatic heterocycles. The quantitative estimate of drug-likeness (QED) is 0.875. The molecule has 0 bridgehead atoms. The Kier molecular flexibility index (Phi) is 4.56. The van der Waals surface area contributed by atoms with E-state index in [1.54, 1.807) is 6.07 Å². The van der Waals surface area contributed by atoms with Crippen LogP contribution in [0.25, 0.3) is 0 Å². The lowest BCUT2D eigenvalue weighted by Gasteiger charge is -2.09. The Bertz CT molecular complexity index is 626. The summed E-state index contributed by atoms with van der Waals surface area (Å²) in [6, 6.07) is 7.75. The molecule has 0 spiro atoms. The molecular weight excluding hydrogens is 250 g/mol. The summed E-state index contributed by atoms with van der Waals surface area (Å²) < 4.78 is 0. The number of benzene rings is 1. The topological polar surface area (TPSA) is 57.8 Å². The van der Waals surface area contributed by atoms with E-state index in [2.05, 4.69) is 28.3 Å². The largest absolute Gasteiger partial charge is 0.326 e. The molecule has 2 rings (SSSR count). The van der Waals surface area contributed by atoms with Gasteiger partial charge in [-0.2, -0.15) is 0 Å². The first-order valence-corrected chi connectivity index (χ1v) is 7.02. The van der Waals surface area contributed by atoms with E-state index in [0.717, 1.165) is 30.6 Å². The van der Waals surface area contributed by atoms with Crippen molar-refractivity contribution < 1.29 is 0 Å². The molecule has 1 heterocycles. The van der Waals surface area contributed by atoms with Crippen LogP contribution in [0, 0.1) is 13.8 Å². The van der Waals surface area contributed by atoms with Crippen LogP contribution in [0.4, 0.5) is 11.6 Å². The second-order valence-corrected chi connectivity index (χ2v) is 5.19. The van der Waals surface area contributed by atoms with E-state index in [-0.39, 0.29) is 5.56 Å². The molecule has 0 saturated carbocycles. The fourth-order valence-corrected chi connectivity index (χ4v) is 2.24. The Morgan fingerprint density at radius 2 is 1.85 bits per heavy atom. The zero-order valence-electron chi connectivity index (χ0n) is 12.3. The van der Waals surface area contributed by atoms with Crippen molar-refractivity contribution in [3.05, 3.63) is 51.4 Å². The molecular formula is C16H21N3O. The van der Waals surface area contributed by atoms with Crippen LogP contribution in [0.15, 0.2) is 29.1 Å². The van der Waals surface area contributed by atoms with Gasteiger partial charge in [-0.05, 0) is 49.9 Å². The molecule has 0 unspecified atom stereocenters. The number of hydrogen-bond acceptors (Lipinski definition) is 3. The van der Waals surface area contributed by atoms with E-state index in [9.17, 15) is 4.79 Å². The molecule has 0 aliphatic carbocycles. The maximum absolute atomic E-state index is 11.7. The number of nitrogens with one attached hydrogen (secondary N) is 2. The normalized spacial score (nSPS) is 10.6. The molecule has 20 heavy (non-hydrogen) atoms. The third-order valence-electron chi connectivity index (χ3n) is 3.07. The van der Waals surface area contributed by atoms with Gasteiger partial charge in [-0.15, -0.1) is 0 Å². The molecule has 1 aromatic carbocycles. The van der Waals surface area contributed by atoms with Crippen molar-refractivity contribution in [1.29, 1.82) is 0 Å². The Labute approximate surface area is 119 Å². The van der Waals surface area contributed by atoms with Crippen LogP contribution in [0.3, 0.4) is 0 Å². The maximum Gasteiger partial charge on any atom is 0.252 e. The highest BCUT2D eigenvalue weighted by Gasteiger charge is 2.03. The highest BCUT2D eigenvalue weighted by Crippen LogP contribution is 2.16. The van der Waals surface area contributed by atoms with Crippen molar-refractivity contribution in [1.82, 2.24) is 9.97 Å². The first kappa shape index (κ1) is 14.3. The predicted octanol–water partition coefficient (Wildman–Crippen LogP) is 3.47. The Morgan fingerprint density at radius 3 is 2.50 bits per heavy atom. The Hall–Kier alpha value is -2.10. The molecule has 2 N–H and O–H groups in total. The van der Waals surface area contributed by atoms with Crippen LogP contribution in [0.1, 0.15) is 36.6 Å². The van der Waals surface area contributed by atoms with Gasteiger partial charge in [-0.1, -0.05) is 19.4 Å². The zero-order chi connectivity index (χ0) is 14.5. The lowest BCUT2D eigenvalue weighted by atomic mass is 10.1. The van der Waals surface area contributed by atoms with E-state index >= 15 is 0 Å². The second kappa shape index (κ2) is 6.37. The molecule has 0 atom stereocenters. The number of aromatic nitrogens is 2. The first-order valence-electron chi connectivity index (χ1n) is 7.02. The van der Waals surface area contributed by atoms with Crippen LogP contribution in [0.2, 0.25) is 0 Å². The van der Waals surface area contributed by atoms with E-state index in [1.807, 2.05) is 26.0 Å². The van der Waals surface area contributed by atoms with E-state index in [0.29, 0.717) is 5.95 Å². The molecule has 0 aliphatic rings. The number of aromatic amines is 1. The van der Waals surface area contributed by atoms with Gasteiger partial charge in [0.25, 0.3) is 5.56 Å². The van der Waals surface area contributed by atoms with Gasteiger partial charge < -0.3 is 5.32 Å². The van der Waals surface area contributed by atoms with E-state index in [4.69, 9.17) is 0 Å². The van der Waals surface area contributed by atoms with Gasteiger partial charge in [0, 0.05) is 17.4 Å². The number of rotatable bonds is 5. The molecule has 0 radical (unpaired) electrons. The minimum Gasteiger partial charge on any atom is -0.326 e. The number of aryl methyl sites for hydroxylation is 3. The summed E-state index contributed by atoms with van der Waals surface area (Å²) in [5.41, 5.74) is 4.02. The zero-order valence-corrected chi connectivity index (χ0v) is 12.3. The van der Waals surface area contributed by atoms with Gasteiger partial charge in [0.05, 0.1) is 0 Å². The third-order valence-corrected chi connectivity index (χ3v) is 3.07. The summed E-state index contributed by atoms with van der Waals surface area (Å²) in [4.78, 5) is 18.9. The van der Waals surface area contributed by atoms with Crippen LogP contribution < -0.4 is 10.9 Å². The predicted molar refractivity (Wildman–Crippen MR) is 82.7 cm³/mol. The van der Waals surface area contributed by atoms with E-state index < -0.39 is 0 Å². The van der Waals surface area contributed by atoms with Gasteiger partial charge in [0.1, 0.15) is 0 Å². The summed E-state index contributed by atoms with van der Waals surface area (Å²) in [7, 11) is 0. The number of nitrogens with zero attached hydrogens (tertiary/aromatic N) is 1. The number of hydrogen-bond donors (Lipinski definition) is 2. The lowest BCUT2D eigenvalue weighted by Crippen LogP contribution is -2.12. The molecule has 0 aliphatic heterocycles. The van der Waals surface area contributed by atoms with Crippen LogP contribution in [-0.2, 0) is 6.42 Å². The van der Waals surface area contributed by atoms with Crippen molar-refractivity contribution in [3.8, 4) is 0 Å². The molecule has 106 valence electrons. The summed E-state index contributed by atoms with van der Waals surface area (Å²) in [5.74, 6) is 0.508. The average Bonchev–Trinajstić information content (AvgIpc) is 2.34. The van der Waals surface area contributed by atoms with Crippen LogP contribution in [-0.4, -0.2) is 9.97 Å². The summed E-state index contributed by atoms with van der Waals surface area (Å²) in [5, 5.41) is 3.18. The van der Waals surface area contributed by atoms with Crippen LogP contribution >= 0.6 is 0 Å². The van der Waals surface area contributed by atoms with Crippen molar-refractivity contribution in [2.45, 2.75) is 40.0 Å². The highest BCUT2D eigenvalue weighted by molar-refractivity contribution is 5.55. The minimum atomic E-state index is -0.113. The van der Waals surface area contributed by atoms with Gasteiger partial charge in [0.2, 0.25) is 5.95 Å². The average molecular weight is 271 g/mol. The maximum atomic E-state index is 11.7. The SMILES string of the molecule is CCCCc1cc(=O)[nH]c(Nc2cc(C)cc(C)c2)n1. The number of anilines is 2. The first-order chi connectivity index (χ1) is 9.56. The third kappa shape index (κ3) is 3.95. The molecule has 0 saturated heterocycles. The summed E-state index contributed by atoms with van der Waals surface area (Å²) >= 11 is 0. The van der Waals surface area contributed by atoms with Crippen LogP contribution in [0.5, 0.6) is 0 Å². The minimum absolute atomic E-state index is 0.113. The van der Waals surface area contributed by atoms with Crippen molar-refractivity contribution in [2.75, 3.05) is 5.32 Å². The molecule has 0 amide bonds. The van der Waals surface area contributed by atoms with Crippen molar-refractivity contribution >= 4 is 11.6 Å². The fraction of sp³-hybridized carbons (Fsp3) is 0.375. The fourth-order valence-electron chi connectivity index (χ4n) is 2.24. The van der Waals surface area contributed by atoms with Gasteiger partial charge in [0.15, 0.2) is 0 Å². The smallest absolute Gasteiger partial charge is 0.252 e. The molecule has 0 fully saturated rings. The summed E-state index contributed by atoms with van der Waals surface area (Å²) in [6.45, 7) is 6.22. The molecule has 4 heteroatoms. The second-order valence-electron chi connectivity index (χ2n) is 5.19. The Balaban J connectivity index is 2.24. The van der Waals surface area contributed by atoms with Crippen molar-refractivity contribution in [2.24, 2.45) is 0 Å². The summed E-state index contributed by atoms with van der Waals surface area (Å²) in [6.07, 6.45) is 2.97. The van der Waals surface area contributed by atoms with E-state index in [1.165, 1.54) is 11.1 Å². The molecule has 2 aromatic rings. The van der Waals surface area contributed by atoms with Crippen molar-refractivity contribution in [3.63, 3.8) is 0 Å². The lowest BCUT2D eigenvalue weighted by molar-refractivity contribution is 0.772. The molecule has 4 nitrogen and oxygen atoms in total. The number of H-pyrrole nitrogens is 1. The standard InChI is InChI=1S/C16H21N3O/c1-4-5-6-13-10-15(20)19-16(17-13)18-14-8-11(2)7-12(3)9-14/h7-10H,4-6H2,1-3H3,(H2,17,18,19,20).